The van der Waals surface area contributed by atoms with Crippen molar-refractivity contribution >= 4 is 17.4 Å². The average molecular weight is 487 g/mol. The molecule has 2 aromatic carbocycles. The molecule has 1 aliphatic heterocycles. The van der Waals surface area contributed by atoms with Crippen molar-refractivity contribution in [1.29, 1.82) is 0 Å². The third-order valence-corrected chi connectivity index (χ3v) is 7.89. The normalized spacial score (nSPS) is 21.9. The number of carboxylic acid groups (broad SMARTS) is 1. The van der Waals surface area contributed by atoms with E-state index >= 15 is 0 Å². The summed E-state index contributed by atoms with van der Waals surface area (Å²) in [6.07, 6.45) is 0.448. The number of halogens is 1. The first kappa shape index (κ1) is 22.7. The topological polar surface area (TPSA) is 91.0 Å². The average Bonchev–Trinajstić information content (AvgIpc) is 3.36. The minimum Gasteiger partial charge on any atom is -0.479 e. The zero-order valence-electron chi connectivity index (χ0n) is 20.1. The number of carboxylic acids is 1. The van der Waals surface area contributed by atoms with Crippen LogP contribution in [0.25, 0.3) is 28.0 Å². The van der Waals surface area contributed by atoms with Crippen LogP contribution in [-0.4, -0.2) is 43.9 Å². The molecule has 184 valence electrons. The number of anilines is 1. The highest BCUT2D eigenvalue weighted by Gasteiger charge is 2.53. The molecule has 1 saturated heterocycles. The third kappa shape index (κ3) is 3.64. The quantitative estimate of drug-likeness (QED) is 0.419. The molecule has 6 rings (SSSR count). The number of aromatic nitrogens is 3. The van der Waals surface area contributed by atoms with Gasteiger partial charge in [-0.3, -0.25) is 0 Å². The summed E-state index contributed by atoms with van der Waals surface area (Å²) in [6, 6.07) is 16.0. The van der Waals surface area contributed by atoms with Gasteiger partial charge in [-0.1, -0.05) is 43.3 Å². The number of aryl methyl sites for hydroxylation is 1. The van der Waals surface area contributed by atoms with Crippen molar-refractivity contribution in [2.75, 3.05) is 18.0 Å². The lowest BCUT2D eigenvalue weighted by Gasteiger charge is -2.33. The summed E-state index contributed by atoms with van der Waals surface area (Å²) in [7, 11) is 0. The maximum Gasteiger partial charge on any atom is 0.337 e. The molecule has 0 radical (unpaired) electrons. The smallest absolute Gasteiger partial charge is 0.337 e. The Morgan fingerprint density at radius 3 is 2.69 bits per heavy atom. The molecule has 1 saturated carbocycles. The second-order valence-corrected chi connectivity index (χ2v) is 10.3. The summed E-state index contributed by atoms with van der Waals surface area (Å²) in [5.41, 5.74) is 4.32. The molecule has 1 aliphatic carbocycles. The van der Waals surface area contributed by atoms with Gasteiger partial charge in [0.25, 0.3) is 0 Å². The largest absolute Gasteiger partial charge is 0.479 e. The van der Waals surface area contributed by atoms with Gasteiger partial charge in [-0.15, -0.1) is 0 Å². The maximum atomic E-state index is 14.4. The van der Waals surface area contributed by atoms with Crippen LogP contribution in [0.5, 0.6) is 0 Å². The van der Waals surface area contributed by atoms with Gasteiger partial charge in [-0.25, -0.2) is 14.2 Å². The molecule has 0 bridgehead atoms. The van der Waals surface area contributed by atoms with Gasteiger partial charge in [0.1, 0.15) is 11.6 Å². The monoisotopic (exact) mass is 486 g/mol. The second-order valence-electron chi connectivity index (χ2n) is 10.3. The van der Waals surface area contributed by atoms with Gasteiger partial charge >= 0.3 is 5.97 Å². The summed E-state index contributed by atoms with van der Waals surface area (Å²) in [4.78, 5) is 18.6. The highest BCUT2D eigenvalue weighted by atomic mass is 19.1. The molecule has 7 nitrogen and oxygen atoms in total. The number of aliphatic hydroxyl groups is 1. The zero-order chi connectivity index (χ0) is 25.2. The van der Waals surface area contributed by atoms with E-state index in [-0.39, 0.29) is 11.4 Å². The van der Waals surface area contributed by atoms with Gasteiger partial charge in [0.15, 0.2) is 11.8 Å². The fourth-order valence-corrected chi connectivity index (χ4v) is 5.58. The number of rotatable bonds is 5. The van der Waals surface area contributed by atoms with Crippen molar-refractivity contribution < 1.29 is 19.4 Å². The van der Waals surface area contributed by atoms with E-state index in [4.69, 9.17) is 5.10 Å². The summed E-state index contributed by atoms with van der Waals surface area (Å²) in [5.74, 6) is -0.498. The van der Waals surface area contributed by atoms with E-state index in [2.05, 4.69) is 16.8 Å². The fourth-order valence-electron chi connectivity index (χ4n) is 5.58. The summed E-state index contributed by atoms with van der Waals surface area (Å²) >= 11 is 0. The van der Waals surface area contributed by atoms with Crippen molar-refractivity contribution in [3.05, 3.63) is 71.7 Å². The molecule has 2 fully saturated rings. The van der Waals surface area contributed by atoms with Crippen LogP contribution in [0.15, 0.2) is 54.6 Å². The number of aliphatic carboxylic acids is 1. The number of hydrogen-bond acceptors (Lipinski definition) is 5. The molecule has 0 amide bonds. The van der Waals surface area contributed by atoms with Gasteiger partial charge in [-0.2, -0.15) is 9.61 Å². The molecule has 8 heteroatoms. The number of carbonyl (C=O) groups is 1. The zero-order valence-corrected chi connectivity index (χ0v) is 20.1. The lowest BCUT2D eigenvalue weighted by Crippen LogP contribution is -2.37. The van der Waals surface area contributed by atoms with Gasteiger partial charge in [-0.05, 0) is 48.8 Å². The Morgan fingerprint density at radius 2 is 1.94 bits per heavy atom. The lowest BCUT2D eigenvalue weighted by molar-refractivity contribution is -0.147. The number of piperidine rings is 1. The molecule has 36 heavy (non-hydrogen) atoms. The Morgan fingerprint density at radius 1 is 1.17 bits per heavy atom. The molecule has 2 aliphatic rings. The van der Waals surface area contributed by atoms with Crippen molar-refractivity contribution in [2.45, 2.75) is 32.8 Å². The van der Waals surface area contributed by atoms with Gasteiger partial charge < -0.3 is 15.1 Å². The predicted molar refractivity (Wildman–Crippen MR) is 134 cm³/mol. The predicted octanol–water partition coefficient (Wildman–Crippen LogP) is 4.87. The van der Waals surface area contributed by atoms with E-state index in [1.54, 1.807) is 29.6 Å². The van der Waals surface area contributed by atoms with E-state index in [1.165, 1.54) is 6.07 Å². The molecule has 4 aromatic rings. The maximum absolute atomic E-state index is 14.4. The second kappa shape index (κ2) is 8.13. The van der Waals surface area contributed by atoms with Crippen molar-refractivity contribution in [1.82, 2.24) is 14.6 Å². The minimum atomic E-state index is -1.71. The molecule has 2 aromatic heterocycles. The van der Waals surface area contributed by atoms with E-state index in [1.807, 2.05) is 30.3 Å². The van der Waals surface area contributed by atoms with Crippen LogP contribution in [-0.2, 0) is 4.79 Å². The van der Waals surface area contributed by atoms with Crippen LogP contribution in [0.1, 0.15) is 37.1 Å². The lowest BCUT2D eigenvalue weighted by atomic mass is 9.97. The van der Waals surface area contributed by atoms with E-state index in [0.29, 0.717) is 39.7 Å². The van der Waals surface area contributed by atoms with E-state index in [0.717, 1.165) is 37.1 Å². The Kier molecular flexibility index (Phi) is 5.12. The highest BCUT2D eigenvalue weighted by Crippen LogP contribution is 2.58. The van der Waals surface area contributed by atoms with Crippen molar-refractivity contribution in [3.63, 3.8) is 0 Å². The van der Waals surface area contributed by atoms with Crippen molar-refractivity contribution in [2.24, 2.45) is 11.3 Å². The summed E-state index contributed by atoms with van der Waals surface area (Å²) in [6.45, 7) is 5.56. The summed E-state index contributed by atoms with van der Waals surface area (Å²) < 4.78 is 16.1. The molecular weight excluding hydrogens is 459 g/mol. The SMILES string of the molecule is Cc1nc2cc(-c3cccc(-c4ccccc4F)c3)nn2c(N2CCC3(C)CC3C2)c1[C@H](O)C(=O)O. The minimum absolute atomic E-state index is 0.272. The summed E-state index contributed by atoms with van der Waals surface area (Å²) in [5, 5.41) is 25.1. The Balaban J connectivity index is 1.49. The first-order valence-corrected chi connectivity index (χ1v) is 12.2. The Labute approximate surface area is 207 Å². The van der Waals surface area contributed by atoms with Crippen LogP contribution in [0.3, 0.4) is 0 Å². The molecule has 2 unspecified atom stereocenters. The Bertz CT molecular complexity index is 1520. The Hall–Kier alpha value is -3.78. The molecule has 3 atom stereocenters. The van der Waals surface area contributed by atoms with Gasteiger partial charge in [0, 0.05) is 36.0 Å². The number of benzene rings is 2. The van der Waals surface area contributed by atoms with Crippen LogP contribution >= 0.6 is 0 Å². The highest BCUT2D eigenvalue weighted by molar-refractivity contribution is 5.79. The molecule has 2 N–H and O–H groups in total. The van der Waals surface area contributed by atoms with Gasteiger partial charge in [0.05, 0.1) is 11.3 Å². The van der Waals surface area contributed by atoms with Crippen LogP contribution in [0.2, 0.25) is 0 Å². The third-order valence-electron chi connectivity index (χ3n) is 7.89. The molecular formula is C28H27FN4O3. The fraction of sp³-hybridized carbons (Fsp3) is 0.321. The number of nitrogens with zero attached hydrogens (tertiary/aromatic N) is 4. The van der Waals surface area contributed by atoms with Crippen LogP contribution in [0, 0.1) is 24.1 Å². The number of hydrogen-bond donors (Lipinski definition) is 2. The standard InChI is InChI=1S/C28H27FN4O3/c1-16-24(25(34)27(35)36)26(32-11-10-28(2)14-19(28)15-32)33-23(30-16)13-22(31-33)18-7-5-6-17(12-18)20-8-3-4-9-21(20)29/h3-9,12-13,19,25,34H,10-11,14-15H2,1-2H3,(H,35,36)/t19?,25-,28?/m0/s1. The number of fused-ring (bicyclic) bond motifs is 2. The van der Waals surface area contributed by atoms with Gasteiger partial charge in [0.2, 0.25) is 0 Å². The molecule has 3 heterocycles. The number of aliphatic hydroxyl groups excluding tert-OH is 1. The van der Waals surface area contributed by atoms with Crippen LogP contribution < -0.4 is 4.90 Å². The molecule has 0 spiro atoms. The van der Waals surface area contributed by atoms with Crippen molar-refractivity contribution in [3.8, 4) is 22.4 Å². The van der Waals surface area contributed by atoms with Crippen LogP contribution in [0.4, 0.5) is 10.2 Å². The first-order chi connectivity index (χ1) is 17.2. The first-order valence-electron chi connectivity index (χ1n) is 12.2. The van der Waals surface area contributed by atoms with E-state index < -0.39 is 12.1 Å². The van der Waals surface area contributed by atoms with E-state index in [9.17, 15) is 19.4 Å².